The minimum atomic E-state index is -0.506. The van der Waals surface area contributed by atoms with Gasteiger partial charge in [-0.3, -0.25) is 4.79 Å². The number of para-hydroxylation sites is 1. The summed E-state index contributed by atoms with van der Waals surface area (Å²) in [4.78, 5) is 12.0. The fourth-order valence-electron chi connectivity index (χ4n) is 1.75. The van der Waals surface area contributed by atoms with Gasteiger partial charge in [0.15, 0.2) is 0 Å². The molecule has 19 heavy (non-hydrogen) atoms. The van der Waals surface area contributed by atoms with Crippen LogP contribution in [-0.2, 0) is 5.33 Å². The zero-order chi connectivity index (χ0) is 13.8. The van der Waals surface area contributed by atoms with Crippen LogP contribution in [0.25, 0.3) is 0 Å². The average molecular weight is 322 g/mol. The number of anilines is 1. The number of benzene rings is 2. The quantitative estimate of drug-likeness (QED) is 0.840. The summed E-state index contributed by atoms with van der Waals surface area (Å²) in [6.07, 6.45) is 0. The van der Waals surface area contributed by atoms with E-state index in [2.05, 4.69) is 21.2 Å². The third-order valence-corrected chi connectivity index (χ3v) is 3.38. The molecule has 98 valence electrons. The van der Waals surface area contributed by atoms with Gasteiger partial charge in [0, 0.05) is 11.0 Å². The van der Waals surface area contributed by atoms with Crippen molar-refractivity contribution in [2.75, 3.05) is 5.32 Å². The van der Waals surface area contributed by atoms with Crippen LogP contribution < -0.4 is 5.32 Å². The zero-order valence-corrected chi connectivity index (χ0v) is 12.0. The number of alkyl halides is 1. The Labute approximate surface area is 119 Å². The second-order valence-electron chi connectivity index (χ2n) is 4.23. The van der Waals surface area contributed by atoms with Gasteiger partial charge in [0.25, 0.3) is 5.91 Å². The zero-order valence-electron chi connectivity index (χ0n) is 10.4. The standard InChI is InChI=1S/C15H13BrFNO/c1-10-6-7-12(13(17)8-10)15(19)18-14-5-3-2-4-11(14)9-16/h2-8H,9H2,1H3,(H,18,19). The molecule has 0 radical (unpaired) electrons. The van der Waals surface area contributed by atoms with Crippen molar-refractivity contribution in [3.8, 4) is 0 Å². The molecule has 2 aromatic rings. The van der Waals surface area contributed by atoms with E-state index in [9.17, 15) is 9.18 Å². The first-order chi connectivity index (χ1) is 9.11. The maximum Gasteiger partial charge on any atom is 0.258 e. The van der Waals surface area contributed by atoms with Gasteiger partial charge in [-0.2, -0.15) is 0 Å². The number of rotatable bonds is 3. The van der Waals surface area contributed by atoms with E-state index in [1.807, 2.05) is 18.2 Å². The first kappa shape index (κ1) is 13.7. The van der Waals surface area contributed by atoms with Crippen molar-refractivity contribution in [2.24, 2.45) is 0 Å². The molecule has 0 saturated carbocycles. The summed E-state index contributed by atoms with van der Waals surface area (Å²) < 4.78 is 13.7. The Morgan fingerprint density at radius 1 is 1.26 bits per heavy atom. The van der Waals surface area contributed by atoms with Gasteiger partial charge in [-0.1, -0.05) is 40.2 Å². The number of hydrogen-bond acceptors (Lipinski definition) is 1. The summed E-state index contributed by atoms with van der Waals surface area (Å²) in [5.41, 5.74) is 2.47. The van der Waals surface area contributed by atoms with Crippen molar-refractivity contribution < 1.29 is 9.18 Å². The lowest BCUT2D eigenvalue weighted by Gasteiger charge is -2.10. The first-order valence-corrected chi connectivity index (χ1v) is 6.95. The predicted molar refractivity (Wildman–Crippen MR) is 78.2 cm³/mol. The second kappa shape index (κ2) is 5.97. The van der Waals surface area contributed by atoms with Crippen molar-refractivity contribution in [2.45, 2.75) is 12.3 Å². The molecule has 2 aromatic carbocycles. The minimum absolute atomic E-state index is 0.0509. The lowest BCUT2D eigenvalue weighted by atomic mass is 10.1. The Bertz CT molecular complexity index is 613. The highest BCUT2D eigenvalue weighted by molar-refractivity contribution is 9.08. The minimum Gasteiger partial charge on any atom is -0.322 e. The van der Waals surface area contributed by atoms with Gasteiger partial charge >= 0.3 is 0 Å². The number of aryl methyl sites for hydroxylation is 1. The van der Waals surface area contributed by atoms with Crippen LogP contribution in [-0.4, -0.2) is 5.91 Å². The number of halogens is 2. The second-order valence-corrected chi connectivity index (χ2v) is 4.79. The molecule has 0 aliphatic rings. The number of carbonyl (C=O) groups excluding carboxylic acids is 1. The summed E-state index contributed by atoms with van der Waals surface area (Å²) in [6, 6.07) is 12.0. The van der Waals surface area contributed by atoms with E-state index in [1.54, 1.807) is 19.1 Å². The average Bonchev–Trinajstić information content (AvgIpc) is 2.39. The molecule has 0 fully saturated rings. The number of hydrogen-bond donors (Lipinski definition) is 1. The molecule has 0 spiro atoms. The molecular formula is C15H13BrFNO. The van der Waals surface area contributed by atoms with Crippen LogP contribution in [0, 0.1) is 12.7 Å². The van der Waals surface area contributed by atoms with E-state index in [0.717, 1.165) is 11.1 Å². The Hall–Kier alpha value is -1.68. The van der Waals surface area contributed by atoms with Crippen LogP contribution >= 0.6 is 15.9 Å². The highest BCUT2D eigenvalue weighted by Gasteiger charge is 2.13. The summed E-state index contributed by atoms with van der Waals surface area (Å²) in [5, 5.41) is 3.35. The third-order valence-electron chi connectivity index (χ3n) is 2.78. The van der Waals surface area contributed by atoms with Crippen molar-refractivity contribution in [3.05, 3.63) is 65.0 Å². The summed E-state index contributed by atoms with van der Waals surface area (Å²) in [7, 11) is 0. The van der Waals surface area contributed by atoms with Crippen molar-refractivity contribution in [1.82, 2.24) is 0 Å². The summed E-state index contributed by atoms with van der Waals surface area (Å²) >= 11 is 3.35. The van der Waals surface area contributed by atoms with Crippen LogP contribution in [0.2, 0.25) is 0 Å². The molecule has 0 atom stereocenters. The summed E-state index contributed by atoms with van der Waals surface area (Å²) in [5.74, 6) is -0.945. The van der Waals surface area contributed by atoms with E-state index in [-0.39, 0.29) is 5.56 Å². The number of nitrogens with one attached hydrogen (secondary N) is 1. The largest absolute Gasteiger partial charge is 0.322 e. The third kappa shape index (κ3) is 3.20. The molecule has 1 amide bonds. The van der Waals surface area contributed by atoms with Crippen LogP contribution in [0.15, 0.2) is 42.5 Å². The normalized spacial score (nSPS) is 10.3. The lowest BCUT2D eigenvalue weighted by Crippen LogP contribution is -2.14. The highest BCUT2D eigenvalue weighted by Crippen LogP contribution is 2.19. The van der Waals surface area contributed by atoms with Gasteiger partial charge in [0.2, 0.25) is 0 Å². The van der Waals surface area contributed by atoms with Gasteiger partial charge < -0.3 is 5.32 Å². The molecule has 0 bridgehead atoms. The van der Waals surface area contributed by atoms with Gasteiger partial charge in [-0.25, -0.2) is 4.39 Å². The maximum absolute atomic E-state index is 13.7. The Morgan fingerprint density at radius 3 is 2.68 bits per heavy atom. The van der Waals surface area contributed by atoms with Gasteiger partial charge in [0.1, 0.15) is 5.82 Å². The maximum atomic E-state index is 13.7. The first-order valence-electron chi connectivity index (χ1n) is 5.83. The fraction of sp³-hybridized carbons (Fsp3) is 0.133. The van der Waals surface area contributed by atoms with Gasteiger partial charge in [0.05, 0.1) is 5.56 Å². The summed E-state index contributed by atoms with van der Waals surface area (Å²) in [6.45, 7) is 1.78. The monoisotopic (exact) mass is 321 g/mol. The fourth-order valence-corrected chi connectivity index (χ4v) is 2.24. The topological polar surface area (TPSA) is 29.1 Å². The van der Waals surface area contributed by atoms with Crippen molar-refractivity contribution >= 4 is 27.5 Å². The van der Waals surface area contributed by atoms with Gasteiger partial charge in [-0.15, -0.1) is 0 Å². The molecular weight excluding hydrogens is 309 g/mol. The van der Waals surface area contributed by atoms with E-state index in [0.29, 0.717) is 11.0 Å². The molecule has 2 nitrogen and oxygen atoms in total. The van der Waals surface area contributed by atoms with Crippen molar-refractivity contribution in [1.29, 1.82) is 0 Å². The predicted octanol–water partition coefficient (Wildman–Crippen LogP) is 4.28. The molecule has 2 rings (SSSR count). The Morgan fingerprint density at radius 2 is 2.00 bits per heavy atom. The molecule has 0 saturated heterocycles. The molecule has 0 aromatic heterocycles. The molecule has 0 unspecified atom stereocenters. The lowest BCUT2D eigenvalue weighted by molar-refractivity contribution is 0.102. The molecule has 1 N–H and O–H groups in total. The molecule has 4 heteroatoms. The molecule has 0 aliphatic heterocycles. The van der Waals surface area contributed by atoms with E-state index in [4.69, 9.17) is 0 Å². The van der Waals surface area contributed by atoms with Crippen molar-refractivity contribution in [3.63, 3.8) is 0 Å². The van der Waals surface area contributed by atoms with E-state index in [1.165, 1.54) is 12.1 Å². The van der Waals surface area contributed by atoms with Crippen LogP contribution in [0.1, 0.15) is 21.5 Å². The van der Waals surface area contributed by atoms with E-state index >= 15 is 0 Å². The number of amides is 1. The molecule has 0 aliphatic carbocycles. The highest BCUT2D eigenvalue weighted by atomic mass is 79.9. The SMILES string of the molecule is Cc1ccc(C(=O)Nc2ccccc2CBr)c(F)c1. The number of carbonyl (C=O) groups is 1. The molecule has 0 heterocycles. The van der Waals surface area contributed by atoms with E-state index < -0.39 is 11.7 Å². The Balaban J connectivity index is 2.26. The van der Waals surface area contributed by atoms with Gasteiger partial charge in [-0.05, 0) is 36.2 Å². The smallest absolute Gasteiger partial charge is 0.258 e. The van der Waals surface area contributed by atoms with Crippen LogP contribution in [0.5, 0.6) is 0 Å². The van der Waals surface area contributed by atoms with Crippen LogP contribution in [0.3, 0.4) is 0 Å². The Kier molecular flexibility index (Phi) is 4.32. The van der Waals surface area contributed by atoms with Crippen LogP contribution in [0.4, 0.5) is 10.1 Å².